The molecule has 2 aliphatic rings. The summed E-state index contributed by atoms with van der Waals surface area (Å²) in [6, 6.07) is 1.77. The van der Waals surface area contributed by atoms with E-state index in [1.807, 2.05) is 0 Å². The first kappa shape index (κ1) is 12.9. The summed E-state index contributed by atoms with van der Waals surface area (Å²) in [7, 11) is 0. The van der Waals surface area contributed by atoms with Crippen LogP contribution in [0.3, 0.4) is 0 Å². The van der Waals surface area contributed by atoms with Gasteiger partial charge in [-0.3, -0.25) is 0 Å². The number of nitrogens with zero attached hydrogens (tertiary/aromatic N) is 2. The highest BCUT2D eigenvalue weighted by molar-refractivity contribution is 5.19. The molecule has 0 saturated heterocycles. The number of hydrogen-bond donors (Lipinski definition) is 2. The smallest absolute Gasteiger partial charge is 0.315 e. The zero-order chi connectivity index (χ0) is 13.1. The van der Waals surface area contributed by atoms with Crippen molar-refractivity contribution in [2.45, 2.75) is 70.5 Å². The van der Waals surface area contributed by atoms with Crippen LogP contribution in [0.2, 0.25) is 0 Å². The van der Waals surface area contributed by atoms with E-state index in [-0.39, 0.29) is 0 Å². The van der Waals surface area contributed by atoms with Crippen molar-refractivity contribution in [3.63, 3.8) is 0 Å². The van der Waals surface area contributed by atoms with Gasteiger partial charge < -0.3 is 15.1 Å². The Morgan fingerprint density at radius 3 is 2.84 bits per heavy atom. The van der Waals surface area contributed by atoms with Crippen LogP contribution in [0.25, 0.3) is 0 Å². The van der Waals surface area contributed by atoms with Crippen LogP contribution in [0.1, 0.15) is 57.8 Å². The molecule has 3 rings (SSSR count). The van der Waals surface area contributed by atoms with Crippen LogP contribution in [0, 0.1) is 5.92 Å². The van der Waals surface area contributed by atoms with E-state index in [0.29, 0.717) is 30.5 Å². The summed E-state index contributed by atoms with van der Waals surface area (Å²) in [5.74, 6) is 1.54. The molecule has 2 saturated carbocycles. The Kier molecular flexibility index (Phi) is 4.01. The Morgan fingerprint density at radius 2 is 2.05 bits per heavy atom. The van der Waals surface area contributed by atoms with Gasteiger partial charge in [0.1, 0.15) is 0 Å². The Bertz CT molecular complexity index is 402. The zero-order valence-corrected chi connectivity index (χ0v) is 11.7. The van der Waals surface area contributed by atoms with Crippen molar-refractivity contribution in [2.24, 2.45) is 5.92 Å². The molecule has 0 bridgehead atoms. The molecule has 5 nitrogen and oxygen atoms in total. The lowest BCUT2D eigenvalue weighted by Gasteiger charge is -2.28. The highest BCUT2D eigenvalue weighted by atomic mass is 16.4. The molecule has 1 aromatic rings. The van der Waals surface area contributed by atoms with Gasteiger partial charge in [0.05, 0.1) is 6.54 Å². The van der Waals surface area contributed by atoms with E-state index in [9.17, 15) is 0 Å². The van der Waals surface area contributed by atoms with Gasteiger partial charge in [-0.25, -0.2) is 0 Å². The fraction of sp³-hybridized carbons (Fsp3) is 0.857. The van der Waals surface area contributed by atoms with Gasteiger partial charge in [-0.15, -0.1) is 5.10 Å². The molecule has 2 fully saturated rings. The molecule has 106 valence electrons. The van der Waals surface area contributed by atoms with Gasteiger partial charge in [-0.05, 0) is 31.6 Å². The lowest BCUT2D eigenvalue weighted by molar-refractivity contribution is 0.323. The van der Waals surface area contributed by atoms with Crippen LogP contribution < -0.4 is 10.6 Å². The maximum absolute atomic E-state index is 5.64. The lowest BCUT2D eigenvalue weighted by atomic mass is 9.84. The van der Waals surface area contributed by atoms with E-state index in [1.54, 1.807) is 0 Å². The van der Waals surface area contributed by atoms with E-state index in [0.717, 1.165) is 5.92 Å². The standard InChI is InChI=1S/C14H24N4O/c1-2-10-4-3-5-12(8-10)16-14-18-17-13(19-14)9-15-11-6-7-11/h10-12,15H,2-9H2,1H3,(H,16,18). The van der Waals surface area contributed by atoms with Crippen LogP contribution >= 0.6 is 0 Å². The van der Waals surface area contributed by atoms with Crippen LogP contribution in [0.5, 0.6) is 0 Å². The van der Waals surface area contributed by atoms with Gasteiger partial charge in [0.2, 0.25) is 5.89 Å². The molecule has 0 amide bonds. The van der Waals surface area contributed by atoms with Crippen molar-refractivity contribution in [2.75, 3.05) is 5.32 Å². The number of rotatable bonds is 6. The fourth-order valence-corrected chi connectivity index (χ4v) is 2.87. The second kappa shape index (κ2) is 5.90. The molecule has 0 aromatic carbocycles. The van der Waals surface area contributed by atoms with Crippen molar-refractivity contribution < 1.29 is 4.42 Å². The summed E-state index contributed by atoms with van der Waals surface area (Å²) in [6.07, 6.45) is 8.95. The van der Waals surface area contributed by atoms with Crippen molar-refractivity contribution in [1.29, 1.82) is 0 Å². The highest BCUT2D eigenvalue weighted by Crippen LogP contribution is 2.28. The first-order valence-electron chi connectivity index (χ1n) is 7.65. The first-order valence-corrected chi connectivity index (χ1v) is 7.65. The van der Waals surface area contributed by atoms with Gasteiger partial charge >= 0.3 is 6.01 Å². The molecule has 2 aliphatic carbocycles. The molecule has 2 atom stereocenters. The molecule has 1 heterocycles. The average Bonchev–Trinajstić information content (AvgIpc) is 3.17. The van der Waals surface area contributed by atoms with Crippen LogP contribution in [0.4, 0.5) is 6.01 Å². The molecular weight excluding hydrogens is 240 g/mol. The maximum Gasteiger partial charge on any atom is 0.315 e. The largest absolute Gasteiger partial charge is 0.407 e. The summed E-state index contributed by atoms with van der Waals surface area (Å²) < 4.78 is 5.64. The van der Waals surface area contributed by atoms with Crippen LogP contribution in [0.15, 0.2) is 4.42 Å². The molecule has 19 heavy (non-hydrogen) atoms. The third-order valence-electron chi connectivity index (χ3n) is 4.27. The van der Waals surface area contributed by atoms with Crippen LogP contribution in [-0.2, 0) is 6.54 Å². The topological polar surface area (TPSA) is 63.0 Å². The van der Waals surface area contributed by atoms with E-state index < -0.39 is 0 Å². The van der Waals surface area contributed by atoms with Crippen molar-refractivity contribution in [1.82, 2.24) is 15.5 Å². The molecule has 2 N–H and O–H groups in total. The van der Waals surface area contributed by atoms with Crippen LogP contribution in [-0.4, -0.2) is 22.3 Å². The molecule has 0 spiro atoms. The molecule has 5 heteroatoms. The van der Waals surface area contributed by atoms with Gasteiger partial charge in [-0.2, -0.15) is 0 Å². The summed E-state index contributed by atoms with van der Waals surface area (Å²) in [6.45, 7) is 2.98. The quantitative estimate of drug-likeness (QED) is 0.827. The average molecular weight is 264 g/mol. The predicted molar refractivity (Wildman–Crippen MR) is 73.8 cm³/mol. The fourth-order valence-electron chi connectivity index (χ4n) is 2.87. The molecule has 2 unspecified atom stereocenters. The van der Waals surface area contributed by atoms with Gasteiger partial charge in [0.25, 0.3) is 0 Å². The summed E-state index contributed by atoms with van der Waals surface area (Å²) in [5, 5.41) is 15.0. The Morgan fingerprint density at radius 1 is 1.16 bits per heavy atom. The Hall–Kier alpha value is -1.10. The lowest BCUT2D eigenvalue weighted by Crippen LogP contribution is -2.27. The van der Waals surface area contributed by atoms with Crippen molar-refractivity contribution in [3.8, 4) is 0 Å². The maximum atomic E-state index is 5.64. The van der Waals surface area contributed by atoms with Crippen molar-refractivity contribution in [3.05, 3.63) is 5.89 Å². The first-order chi connectivity index (χ1) is 9.33. The third-order valence-corrected chi connectivity index (χ3v) is 4.27. The van der Waals surface area contributed by atoms with E-state index in [1.165, 1.54) is 44.9 Å². The second-order valence-corrected chi connectivity index (χ2v) is 5.94. The second-order valence-electron chi connectivity index (χ2n) is 5.94. The third kappa shape index (κ3) is 3.69. The monoisotopic (exact) mass is 264 g/mol. The Labute approximate surface area is 114 Å². The van der Waals surface area contributed by atoms with Crippen molar-refractivity contribution >= 4 is 6.01 Å². The minimum Gasteiger partial charge on any atom is -0.407 e. The van der Waals surface area contributed by atoms with E-state index in [2.05, 4.69) is 27.8 Å². The zero-order valence-electron chi connectivity index (χ0n) is 11.7. The molecule has 0 radical (unpaired) electrons. The van der Waals surface area contributed by atoms with Gasteiger partial charge in [-0.1, -0.05) is 31.3 Å². The molecule has 0 aliphatic heterocycles. The predicted octanol–water partition coefficient (Wildman–Crippen LogP) is 2.70. The SMILES string of the molecule is CCC1CCCC(Nc2nnc(CNC3CC3)o2)C1. The minimum absolute atomic E-state index is 0.503. The van der Waals surface area contributed by atoms with E-state index in [4.69, 9.17) is 4.42 Å². The number of anilines is 1. The Balaban J connectivity index is 1.48. The number of aromatic nitrogens is 2. The van der Waals surface area contributed by atoms with Gasteiger partial charge in [0, 0.05) is 12.1 Å². The minimum atomic E-state index is 0.503. The summed E-state index contributed by atoms with van der Waals surface area (Å²) >= 11 is 0. The van der Waals surface area contributed by atoms with Gasteiger partial charge in [0.15, 0.2) is 0 Å². The number of hydrogen-bond acceptors (Lipinski definition) is 5. The number of nitrogens with one attached hydrogen (secondary N) is 2. The molecule has 1 aromatic heterocycles. The van der Waals surface area contributed by atoms with E-state index >= 15 is 0 Å². The summed E-state index contributed by atoms with van der Waals surface area (Å²) in [4.78, 5) is 0. The highest BCUT2D eigenvalue weighted by Gasteiger charge is 2.23. The normalized spacial score (nSPS) is 27.4. The molecular formula is C14H24N4O. The summed E-state index contributed by atoms with van der Waals surface area (Å²) in [5.41, 5.74) is 0.